The number of rotatable bonds is 5. The first kappa shape index (κ1) is 27.0. The summed E-state index contributed by atoms with van der Waals surface area (Å²) in [6, 6.07) is 1.94. The van der Waals surface area contributed by atoms with Crippen molar-refractivity contribution in [2.75, 3.05) is 33.0 Å². The first-order chi connectivity index (χ1) is 17.6. The highest BCUT2D eigenvalue weighted by molar-refractivity contribution is 7.13. The van der Waals surface area contributed by atoms with Crippen molar-refractivity contribution in [1.82, 2.24) is 30.4 Å². The van der Waals surface area contributed by atoms with Crippen LogP contribution in [0.25, 0.3) is 0 Å². The van der Waals surface area contributed by atoms with Gasteiger partial charge in [0.25, 0.3) is 5.91 Å². The third-order valence-corrected chi connectivity index (χ3v) is 7.87. The Morgan fingerprint density at radius 3 is 2.59 bits per heavy atom. The van der Waals surface area contributed by atoms with E-state index in [0.29, 0.717) is 29.3 Å². The lowest BCUT2D eigenvalue weighted by atomic mass is 9.81. The molecule has 0 bridgehead atoms. The van der Waals surface area contributed by atoms with Gasteiger partial charge in [0.05, 0.1) is 16.8 Å². The number of anilines is 1. The highest BCUT2D eigenvalue weighted by Gasteiger charge is 2.37. The van der Waals surface area contributed by atoms with Crippen LogP contribution < -0.4 is 16.0 Å². The lowest BCUT2D eigenvalue weighted by Gasteiger charge is -2.37. The molecule has 2 aromatic rings. The van der Waals surface area contributed by atoms with Crippen molar-refractivity contribution in [2.45, 2.75) is 44.3 Å². The lowest BCUT2D eigenvalue weighted by molar-refractivity contribution is -0.138. The van der Waals surface area contributed by atoms with E-state index in [4.69, 9.17) is 11.6 Å². The number of carbonyl (C=O) groups excluding carboxylic acids is 4. The number of hydrogen-bond donors (Lipinski definition) is 3. The Hall–Kier alpha value is -3.09. The number of fused-ring (bicyclic) bond motifs is 1. The molecular weight excluding hydrogens is 518 g/mol. The molecule has 4 rings (SSSR count). The van der Waals surface area contributed by atoms with E-state index in [9.17, 15) is 19.2 Å². The summed E-state index contributed by atoms with van der Waals surface area (Å²) < 4.78 is 0. The largest absolute Gasteiger partial charge is 0.349 e. The van der Waals surface area contributed by atoms with Crippen LogP contribution in [0, 0.1) is 5.92 Å². The zero-order valence-corrected chi connectivity index (χ0v) is 22.5. The third-order valence-electron chi connectivity index (χ3n) is 6.56. The van der Waals surface area contributed by atoms with Crippen LogP contribution in [0.2, 0.25) is 5.02 Å². The van der Waals surface area contributed by atoms with Gasteiger partial charge in [-0.3, -0.25) is 19.2 Å². The summed E-state index contributed by atoms with van der Waals surface area (Å²) in [5, 5.41) is 8.92. The number of pyridine rings is 1. The summed E-state index contributed by atoms with van der Waals surface area (Å²) >= 11 is 7.19. The van der Waals surface area contributed by atoms with Crippen LogP contribution in [0.5, 0.6) is 0 Å². The molecule has 11 nitrogen and oxygen atoms in total. The molecule has 198 valence electrons. The number of thiazole rings is 1. The smallest absolute Gasteiger partial charge is 0.314 e. The normalized spacial score (nSPS) is 21.5. The van der Waals surface area contributed by atoms with Gasteiger partial charge in [0.15, 0.2) is 5.01 Å². The average Bonchev–Trinajstić information content (AvgIpc) is 3.29. The maximum Gasteiger partial charge on any atom is 0.314 e. The van der Waals surface area contributed by atoms with E-state index >= 15 is 0 Å². The van der Waals surface area contributed by atoms with Crippen LogP contribution in [0.4, 0.5) is 5.82 Å². The van der Waals surface area contributed by atoms with Gasteiger partial charge in [-0.15, -0.1) is 11.3 Å². The molecule has 3 atom stereocenters. The second-order valence-electron chi connectivity index (χ2n) is 9.60. The minimum absolute atomic E-state index is 0.0597. The van der Waals surface area contributed by atoms with Gasteiger partial charge in [0.1, 0.15) is 5.82 Å². The molecule has 2 aromatic heterocycles. The molecule has 0 aromatic carbocycles. The number of amides is 4. The van der Waals surface area contributed by atoms with E-state index in [0.717, 1.165) is 30.1 Å². The van der Waals surface area contributed by atoms with Crippen LogP contribution in [0.3, 0.4) is 0 Å². The number of halogens is 1. The second kappa shape index (κ2) is 11.5. The summed E-state index contributed by atoms with van der Waals surface area (Å²) in [5.41, 5.74) is 0.950. The van der Waals surface area contributed by atoms with Crippen molar-refractivity contribution in [3.05, 3.63) is 38.9 Å². The standard InChI is InChI=1S/C24H30ClN7O4S/c1-31(2)24(36)13-4-6-15(27-22(35)23-29-16-8-9-32(3)12-18(16)37-23)17(10-13)28-20(33)21(34)30-19-7-5-14(25)11-26-19/h5,7,11,13,15,17H,4,6,8-10,12H2,1-3H3,(H,27,35)(H,28,33)(H,26,30,34). The maximum absolute atomic E-state index is 13.1. The van der Waals surface area contributed by atoms with Crippen LogP contribution in [-0.2, 0) is 27.3 Å². The van der Waals surface area contributed by atoms with Crippen molar-refractivity contribution in [1.29, 1.82) is 0 Å². The van der Waals surface area contributed by atoms with E-state index in [1.54, 1.807) is 20.2 Å². The van der Waals surface area contributed by atoms with Gasteiger partial charge in [0, 0.05) is 56.6 Å². The summed E-state index contributed by atoms with van der Waals surface area (Å²) in [6.45, 7) is 1.65. The van der Waals surface area contributed by atoms with Crippen molar-refractivity contribution >= 4 is 52.4 Å². The van der Waals surface area contributed by atoms with E-state index in [2.05, 4.69) is 30.8 Å². The molecule has 13 heteroatoms. The van der Waals surface area contributed by atoms with E-state index in [1.165, 1.54) is 28.5 Å². The Bertz CT molecular complexity index is 1190. The third kappa shape index (κ3) is 6.62. The number of nitrogens with zero attached hydrogens (tertiary/aromatic N) is 4. The molecule has 3 unspecified atom stereocenters. The number of likely N-dealkylation sites (N-methyl/N-ethyl adjacent to an activating group) is 1. The molecule has 1 aliphatic heterocycles. The molecule has 0 spiro atoms. The number of aromatic nitrogens is 2. The van der Waals surface area contributed by atoms with Crippen molar-refractivity contribution in [3.63, 3.8) is 0 Å². The summed E-state index contributed by atoms with van der Waals surface area (Å²) in [7, 11) is 5.39. The fourth-order valence-corrected chi connectivity index (χ4v) is 5.80. The molecule has 37 heavy (non-hydrogen) atoms. The Kier molecular flexibility index (Phi) is 8.40. The predicted molar refractivity (Wildman–Crippen MR) is 139 cm³/mol. The van der Waals surface area contributed by atoms with Crippen LogP contribution in [-0.4, -0.2) is 83.2 Å². The summed E-state index contributed by atoms with van der Waals surface area (Å²) in [5.74, 6) is -2.33. The SMILES string of the molecule is CN1CCc2nc(C(=O)NC3CCC(C(=O)N(C)C)CC3NC(=O)C(=O)Nc3ccc(Cl)cn3)sc2C1. The van der Waals surface area contributed by atoms with E-state index < -0.39 is 23.9 Å². The minimum atomic E-state index is -0.905. The average molecular weight is 548 g/mol. The van der Waals surface area contributed by atoms with Crippen LogP contribution in [0.1, 0.15) is 39.6 Å². The molecule has 2 aliphatic rings. The highest BCUT2D eigenvalue weighted by atomic mass is 35.5. The number of carbonyl (C=O) groups is 4. The molecule has 1 fully saturated rings. The zero-order chi connectivity index (χ0) is 26.7. The van der Waals surface area contributed by atoms with Gasteiger partial charge in [-0.2, -0.15) is 0 Å². The molecular formula is C24H30ClN7O4S. The Morgan fingerprint density at radius 1 is 1.11 bits per heavy atom. The van der Waals surface area contributed by atoms with E-state index in [-0.39, 0.29) is 23.6 Å². The summed E-state index contributed by atoms with van der Waals surface area (Å²) in [4.78, 5) is 64.3. The monoisotopic (exact) mass is 547 g/mol. The van der Waals surface area contributed by atoms with Crippen LogP contribution in [0.15, 0.2) is 18.3 Å². The van der Waals surface area contributed by atoms with E-state index in [1.807, 2.05) is 7.05 Å². The molecule has 0 saturated heterocycles. The van der Waals surface area contributed by atoms with Crippen molar-refractivity contribution in [2.24, 2.45) is 5.92 Å². The Morgan fingerprint density at radius 2 is 1.89 bits per heavy atom. The fourth-order valence-electron chi connectivity index (χ4n) is 4.60. The van der Waals surface area contributed by atoms with Gasteiger partial charge >= 0.3 is 11.8 Å². The van der Waals surface area contributed by atoms with Gasteiger partial charge in [-0.25, -0.2) is 9.97 Å². The molecule has 3 heterocycles. The predicted octanol–water partition coefficient (Wildman–Crippen LogP) is 1.29. The second-order valence-corrected chi connectivity index (χ2v) is 11.1. The van der Waals surface area contributed by atoms with Gasteiger partial charge < -0.3 is 25.8 Å². The highest BCUT2D eigenvalue weighted by Crippen LogP contribution is 2.28. The molecule has 4 amide bonds. The lowest BCUT2D eigenvalue weighted by Crippen LogP contribution is -2.57. The molecule has 1 aliphatic carbocycles. The van der Waals surface area contributed by atoms with Crippen LogP contribution >= 0.6 is 22.9 Å². The fraction of sp³-hybridized carbons (Fsp3) is 0.500. The van der Waals surface area contributed by atoms with Gasteiger partial charge in [-0.1, -0.05) is 11.6 Å². The van der Waals surface area contributed by atoms with Crippen molar-refractivity contribution in [3.8, 4) is 0 Å². The minimum Gasteiger partial charge on any atom is -0.349 e. The molecule has 3 N–H and O–H groups in total. The molecule has 0 radical (unpaired) electrons. The van der Waals surface area contributed by atoms with Gasteiger partial charge in [0.2, 0.25) is 5.91 Å². The number of hydrogen-bond acceptors (Lipinski definition) is 8. The summed E-state index contributed by atoms with van der Waals surface area (Å²) in [6.07, 6.45) is 3.46. The zero-order valence-electron chi connectivity index (χ0n) is 20.9. The first-order valence-corrected chi connectivity index (χ1v) is 13.2. The quantitative estimate of drug-likeness (QED) is 0.480. The maximum atomic E-state index is 13.1. The topological polar surface area (TPSA) is 137 Å². The number of nitrogens with one attached hydrogen (secondary N) is 3. The Balaban J connectivity index is 1.45. The Labute approximate surface area is 224 Å². The van der Waals surface area contributed by atoms with Crippen molar-refractivity contribution < 1.29 is 19.2 Å². The van der Waals surface area contributed by atoms with Gasteiger partial charge in [-0.05, 0) is 38.4 Å². The first-order valence-electron chi connectivity index (χ1n) is 12.0. The molecule has 1 saturated carbocycles.